The van der Waals surface area contributed by atoms with E-state index in [0.717, 1.165) is 75.8 Å². The quantitative estimate of drug-likeness (QED) is 0.118. The second kappa shape index (κ2) is 33.9. The number of allylic oxidation sites excluding steroid dienone is 10. The van der Waals surface area contributed by atoms with Crippen LogP contribution in [-0.4, -0.2) is 57.7 Å². The first-order chi connectivity index (χ1) is 60.9. The number of fused-ring (bicyclic) bond motifs is 5. The van der Waals surface area contributed by atoms with Crippen molar-refractivity contribution in [2.45, 2.75) is 222 Å². The van der Waals surface area contributed by atoms with Crippen LogP contribution in [0.2, 0.25) is 0 Å². The fourth-order valence-electron chi connectivity index (χ4n) is 23.9. The van der Waals surface area contributed by atoms with Crippen molar-refractivity contribution in [1.29, 1.82) is 0 Å². The molecule has 15 aliphatic rings. The van der Waals surface area contributed by atoms with Crippen molar-refractivity contribution < 1.29 is 9.60 Å². The van der Waals surface area contributed by atoms with E-state index in [1.54, 1.807) is 0 Å². The molecule has 0 saturated heterocycles. The van der Waals surface area contributed by atoms with Gasteiger partial charge in [-0.1, -0.05) is 260 Å². The first kappa shape index (κ1) is 71.8. The number of hydrogen-bond donors (Lipinski definition) is 0. The van der Waals surface area contributed by atoms with Crippen molar-refractivity contribution in [3.05, 3.63) is 339 Å². The molecule has 618 valence electrons. The Bertz CT molecular complexity index is 5500. The van der Waals surface area contributed by atoms with Crippen LogP contribution in [0.5, 0.6) is 0 Å². The zero-order valence-corrected chi connectivity index (χ0v) is 72.7. The Labute approximate surface area is 724 Å². The topological polar surface area (TPSA) is 32.4 Å². The highest BCUT2D eigenvalue weighted by molar-refractivity contribution is 5.68. The molecule has 0 N–H and O–H groups in total. The summed E-state index contributed by atoms with van der Waals surface area (Å²) in [6.07, 6.45) is 49.0. The van der Waals surface area contributed by atoms with E-state index in [1.165, 1.54) is 195 Å². The second-order valence-electron chi connectivity index (χ2n) is 36.4. The molecular formula is C109H132N10. The molecule has 9 unspecified atom stereocenters. The Morgan fingerprint density at radius 3 is 0.966 bits per heavy atom. The lowest BCUT2D eigenvalue weighted by atomic mass is 9.63. The number of benzene rings is 7. The number of aryl methyl sites for hydroxylation is 5. The third-order valence-electron chi connectivity index (χ3n) is 29.7. The van der Waals surface area contributed by atoms with E-state index in [0.29, 0.717) is 17.8 Å². The molecule has 5 fully saturated rings. The molecule has 10 heteroatoms. The van der Waals surface area contributed by atoms with E-state index in [1.807, 2.05) is 83.4 Å². The molecular weight excluding hydrogens is 1450 g/mol. The van der Waals surface area contributed by atoms with Gasteiger partial charge in [-0.2, -0.15) is 0 Å². The van der Waals surface area contributed by atoms with Crippen LogP contribution in [0.3, 0.4) is 0 Å². The van der Waals surface area contributed by atoms with Gasteiger partial charge in [-0.3, -0.25) is 0 Å². The molecule has 9 atom stereocenters. The predicted molar refractivity (Wildman–Crippen MR) is 497 cm³/mol. The summed E-state index contributed by atoms with van der Waals surface area (Å²) in [5.41, 5.74) is 26.1. The maximum Gasteiger partial charge on any atom is 0.0989 e. The smallest absolute Gasteiger partial charge is 0.0989 e. The summed E-state index contributed by atoms with van der Waals surface area (Å²) < 4.78 is 61.8. The monoisotopic (exact) mass is 1590 g/mol. The molecule has 5 saturated carbocycles. The Kier molecular flexibility index (Phi) is 20.4. The second-order valence-corrected chi connectivity index (χ2v) is 36.4. The molecule has 0 amide bonds. The SMILES string of the molecule is [2H]C1N2C=CC(C3CCCC3)(C3CCCC3)C2=C(C)N1c1ccccc1C.[2H]C1N2C=CC([2H])(C)C2=C(C)N1c1ccccc1C.[2H]C1N2C=CC([2H])(C3CCCC3)C2=C(C)N1c1ccccc1C.[2H]C1N2C=CC(c3ccccc3)(C3CCCC3)C2=C(C)N1c1ccccc1C.[2H]C1N2C=CC(c3ccccc3)(C3CCCCC3)C2=C(C)N1c1ccccc1C. The van der Waals surface area contributed by atoms with Crippen LogP contribution in [0, 0.1) is 81.4 Å². The first-order valence-electron chi connectivity index (χ1n) is 49.2. The van der Waals surface area contributed by atoms with Gasteiger partial charge in [0.2, 0.25) is 0 Å². The zero-order valence-electron chi connectivity index (χ0n) is 79.7. The highest BCUT2D eigenvalue weighted by Gasteiger charge is 2.56. The minimum atomic E-state index is -0.735. The molecule has 0 radical (unpaired) electrons. The van der Waals surface area contributed by atoms with Gasteiger partial charge in [0.15, 0.2) is 0 Å². The third kappa shape index (κ3) is 14.3. The van der Waals surface area contributed by atoms with Gasteiger partial charge in [-0.05, 0) is 232 Å². The van der Waals surface area contributed by atoms with Crippen LogP contribution in [-0.2, 0) is 10.8 Å². The number of para-hydroxylation sites is 5. The number of nitrogens with zero attached hydrogens (tertiary/aromatic N) is 10. The lowest BCUT2D eigenvalue weighted by Gasteiger charge is -2.41. The van der Waals surface area contributed by atoms with E-state index in [2.05, 4.69) is 285 Å². The summed E-state index contributed by atoms with van der Waals surface area (Å²) in [5, 5.41) is 0. The lowest BCUT2D eigenvalue weighted by Crippen LogP contribution is -2.37. The van der Waals surface area contributed by atoms with Gasteiger partial charge >= 0.3 is 0 Å². The summed E-state index contributed by atoms with van der Waals surface area (Å²) >= 11 is 0. The van der Waals surface area contributed by atoms with E-state index >= 15 is 0 Å². The molecule has 10 nitrogen and oxygen atoms in total. The number of anilines is 5. The van der Waals surface area contributed by atoms with E-state index in [9.17, 15) is 0 Å². The molecule has 10 aliphatic heterocycles. The number of hydrogen-bond acceptors (Lipinski definition) is 10. The predicted octanol–water partition coefficient (Wildman–Crippen LogP) is 26.6. The van der Waals surface area contributed by atoms with Crippen LogP contribution >= 0.6 is 0 Å². The highest BCUT2D eigenvalue weighted by atomic mass is 15.4. The van der Waals surface area contributed by atoms with Gasteiger partial charge in [0.25, 0.3) is 0 Å². The number of rotatable bonds is 12. The van der Waals surface area contributed by atoms with Crippen molar-refractivity contribution >= 4 is 28.4 Å². The Morgan fingerprint density at radius 2 is 0.580 bits per heavy atom. The summed E-state index contributed by atoms with van der Waals surface area (Å²) in [5.74, 6) is 1.71. The minimum Gasteiger partial charge on any atom is -0.331 e. The Balaban J connectivity index is 0.000000108. The molecule has 5 aliphatic carbocycles. The highest BCUT2D eigenvalue weighted by Crippen LogP contribution is 2.62. The summed E-state index contributed by atoms with van der Waals surface area (Å²) in [4.78, 5) is 21.4. The molecule has 0 spiro atoms. The van der Waals surface area contributed by atoms with Gasteiger partial charge in [0.05, 0.1) is 62.3 Å². The van der Waals surface area contributed by atoms with Crippen LogP contribution in [0.1, 0.15) is 225 Å². The van der Waals surface area contributed by atoms with Gasteiger partial charge in [0, 0.05) is 125 Å². The fraction of sp³-hybridized carbons (Fsp3) is 0.431. The molecule has 0 bridgehead atoms. The maximum absolute atomic E-state index is 9.14. The summed E-state index contributed by atoms with van der Waals surface area (Å²) in [6.45, 7) is 21.0. The molecule has 22 rings (SSSR count). The average molecular weight is 1590 g/mol. The average Bonchev–Trinajstić information content (AvgIpc) is 1.57. The standard InChI is InChI=1S/C26H30N2.C25H28N2.C24H32N2.C19H24N2.C15H18N2/c1-20-11-9-10-16-24(20)28-19-27-18-17-26(25(27)21(28)2,22-12-5-3-6-13-22)23-14-7-4-8-15-23;1-19-10-6-9-15-23(19)27-18-26-17-16-25(24(26)20(27)2,22-13-7-8-14-22)21-11-4-3-5-12-21;1-18-9-3-8-14-22(18)26-17-25-16-15-24(23(25)19(26)2,20-10-4-5-11-20)21-12-6-7-13-21;1-14-7-3-6-10-18(14)21-13-20-12-11-17(19(20)15(21)2)16-8-4-5-9-16;1-11-6-4-5-7-14(11)17-10-16-9-8-12(2)15(16)13(17)3/h3,5-6,9-13,16-18,23H,4,7-8,14-15,19H2,1-2H3;3-6,9-12,15-17,22H,7-8,13-14,18H2,1-2H3;3,8-9,14-16,20-21H,4-7,10-13,17H2,1-2H3;3,6-7,10-12,16-17H,4-5,8-9,13H2,1-2H3;4-9,12H,10H2,1-3H3/i19D;18D;17D;13D,17D;10D,12D. The summed E-state index contributed by atoms with van der Waals surface area (Å²) in [7, 11) is 0. The lowest BCUT2D eigenvalue weighted by molar-refractivity contribution is 0.164. The molecule has 10 heterocycles. The van der Waals surface area contributed by atoms with E-state index < -0.39 is 38.4 Å². The zero-order chi connectivity index (χ0) is 87.9. The maximum atomic E-state index is 9.14. The van der Waals surface area contributed by atoms with Crippen LogP contribution in [0.15, 0.2) is 300 Å². The van der Waals surface area contributed by atoms with E-state index in [4.69, 9.17) is 9.60 Å². The van der Waals surface area contributed by atoms with Gasteiger partial charge in [0.1, 0.15) is 0 Å². The van der Waals surface area contributed by atoms with Gasteiger partial charge in [-0.15, -0.1) is 0 Å². The van der Waals surface area contributed by atoms with Gasteiger partial charge in [-0.25, -0.2) is 0 Å². The largest absolute Gasteiger partial charge is 0.331 e. The molecule has 7 aromatic carbocycles. The van der Waals surface area contributed by atoms with E-state index in [-0.39, 0.29) is 22.9 Å². The van der Waals surface area contributed by atoms with Crippen molar-refractivity contribution in [2.75, 3.05) is 57.7 Å². The Morgan fingerprint density at radius 1 is 0.286 bits per heavy atom. The van der Waals surface area contributed by atoms with Crippen LogP contribution in [0.25, 0.3) is 0 Å². The van der Waals surface area contributed by atoms with Crippen molar-refractivity contribution in [1.82, 2.24) is 24.5 Å². The third-order valence-corrected chi connectivity index (χ3v) is 29.7. The van der Waals surface area contributed by atoms with Crippen LogP contribution < -0.4 is 24.5 Å². The van der Waals surface area contributed by atoms with Crippen molar-refractivity contribution in [2.24, 2.45) is 46.8 Å². The van der Waals surface area contributed by atoms with Crippen molar-refractivity contribution in [3.63, 3.8) is 0 Å². The van der Waals surface area contributed by atoms with Gasteiger partial charge < -0.3 is 49.0 Å². The summed E-state index contributed by atoms with van der Waals surface area (Å²) in [6, 6.07) is 63.7. The molecule has 0 aromatic heterocycles. The van der Waals surface area contributed by atoms with Crippen LogP contribution in [0.4, 0.5) is 28.4 Å². The fourth-order valence-corrected chi connectivity index (χ4v) is 23.9. The minimum absolute atomic E-state index is 0.113. The molecule has 119 heavy (non-hydrogen) atoms. The molecule has 7 aromatic rings. The normalized spacial score (nSPS) is 30.0. The Hall–Kier alpha value is -10.1. The van der Waals surface area contributed by atoms with Crippen molar-refractivity contribution in [3.8, 4) is 0 Å². The first-order valence-corrected chi connectivity index (χ1v) is 45.3.